The van der Waals surface area contributed by atoms with E-state index in [1.165, 1.54) is 22.7 Å². The van der Waals surface area contributed by atoms with Crippen LogP contribution in [0.25, 0.3) is 0 Å². The van der Waals surface area contributed by atoms with Crippen LogP contribution in [0.3, 0.4) is 0 Å². The summed E-state index contributed by atoms with van der Waals surface area (Å²) in [7, 11) is -2.61. The first kappa shape index (κ1) is 53.6. The van der Waals surface area contributed by atoms with Crippen molar-refractivity contribution in [2.45, 2.75) is 79.1 Å². The Morgan fingerprint density at radius 1 is 0.346 bits per heavy atom. The second kappa shape index (κ2) is 34.6. The number of unbranched alkanes of at least 4 members (excludes halogenated alkanes) is 4. The first-order chi connectivity index (χ1) is 25.2. The molecule has 0 aromatic heterocycles. The lowest BCUT2D eigenvalue weighted by Crippen LogP contribution is -3.00. The minimum absolute atomic E-state index is 0. The van der Waals surface area contributed by atoms with E-state index in [1.807, 2.05) is 0 Å². The van der Waals surface area contributed by atoms with Crippen LogP contribution in [0.4, 0.5) is 22.7 Å². The predicted octanol–water partition coefficient (Wildman–Crippen LogP) is 14.2. The van der Waals surface area contributed by atoms with Crippen LogP contribution >= 0.6 is 120 Å². The number of nitrogens with zero attached hydrogens (tertiary/aromatic N) is 4. The minimum atomic E-state index is -2.61. The van der Waals surface area contributed by atoms with Gasteiger partial charge in [-0.1, -0.05) is 126 Å². The van der Waals surface area contributed by atoms with Crippen molar-refractivity contribution in [3.63, 3.8) is 0 Å². The molecule has 0 spiro atoms. The summed E-state index contributed by atoms with van der Waals surface area (Å²) in [5.41, 5.74) is 5.19. The van der Waals surface area contributed by atoms with E-state index < -0.39 is 7.87 Å². The van der Waals surface area contributed by atoms with Crippen molar-refractivity contribution >= 4 is 142 Å². The standard InChI is InChI=1S/C40H56N4P.3I2.HI/c1-5-9-33-41(37-25-17-13-18-26-37)45(42(34-10-6-2)38-27-19-14-20-28-38,43(35-11-7-3)39-29-21-15-22-30-39)44(36-12-8-4)40-31-23-16-24-32-40;3*1-2;/h13-32H,5-12,33-36H2,1-4H3;;;;1H/q+1;;;;/p-1. The fourth-order valence-electron chi connectivity index (χ4n) is 6.09. The molecule has 0 aliphatic carbocycles. The lowest BCUT2D eigenvalue weighted by Gasteiger charge is -2.53. The number of anilines is 4. The van der Waals surface area contributed by atoms with E-state index in [0.717, 1.165) is 77.5 Å². The molecule has 0 N–H and O–H groups in total. The summed E-state index contributed by atoms with van der Waals surface area (Å²) in [6.45, 7) is 13.2. The first-order valence-electron chi connectivity index (χ1n) is 17.9. The molecule has 4 aromatic rings. The summed E-state index contributed by atoms with van der Waals surface area (Å²) in [6, 6.07) is 45.2. The maximum atomic E-state index is 2.85. The molecule has 0 saturated heterocycles. The Balaban J connectivity index is 0.00000353. The molecule has 12 heteroatoms. The summed E-state index contributed by atoms with van der Waals surface area (Å²) in [4.78, 5) is 0. The van der Waals surface area contributed by atoms with Gasteiger partial charge >= 0.3 is 7.87 Å². The highest BCUT2D eigenvalue weighted by atomic mass is 128. The van der Waals surface area contributed by atoms with E-state index in [9.17, 15) is 0 Å². The SMILES string of the molecule is CCCCN(c1ccccc1)[P+](N(CCCC)c1ccccc1)(N(CCCC)c1ccccc1)N(CCCC)c1ccccc1.II.II.II.[I-]. The molecule has 4 aromatic carbocycles. The lowest BCUT2D eigenvalue weighted by atomic mass is 10.3. The number of hydrogen-bond acceptors (Lipinski definition) is 4. The summed E-state index contributed by atoms with van der Waals surface area (Å²) in [5.74, 6) is 0. The third-order valence-corrected chi connectivity index (χ3v) is 12.7. The number of rotatable bonds is 20. The molecule has 0 fully saturated rings. The average molecular weight is 1510 g/mol. The Kier molecular flexibility index (Phi) is 35.7. The van der Waals surface area contributed by atoms with Crippen LogP contribution in [0.15, 0.2) is 121 Å². The van der Waals surface area contributed by atoms with Gasteiger partial charge in [-0.15, -0.1) is 0 Å². The van der Waals surface area contributed by atoms with Crippen molar-refractivity contribution in [3.05, 3.63) is 121 Å². The summed E-state index contributed by atoms with van der Waals surface area (Å²) in [6.07, 6.45) is 9.07. The van der Waals surface area contributed by atoms with E-state index in [4.69, 9.17) is 0 Å². The molecule has 0 bridgehead atoms. The average Bonchev–Trinajstić information content (AvgIpc) is 3.22. The molecule has 0 aliphatic heterocycles. The molecule has 52 heavy (non-hydrogen) atoms. The van der Waals surface area contributed by atoms with Gasteiger partial charge in [-0.3, -0.25) is 0 Å². The van der Waals surface area contributed by atoms with Gasteiger partial charge in [0.05, 0.1) is 48.9 Å². The van der Waals surface area contributed by atoms with Crippen LogP contribution in [-0.4, -0.2) is 26.2 Å². The Hall–Kier alpha value is 1.62. The van der Waals surface area contributed by atoms with Gasteiger partial charge in [0.2, 0.25) is 0 Å². The Morgan fingerprint density at radius 3 is 0.673 bits per heavy atom. The molecular formula is C40H56I7N4P. The van der Waals surface area contributed by atoms with Crippen molar-refractivity contribution in [1.29, 1.82) is 0 Å². The molecule has 4 nitrogen and oxygen atoms in total. The van der Waals surface area contributed by atoms with Gasteiger partial charge in [-0.25, -0.2) is 0 Å². The number of hydrogen-bond donors (Lipinski definition) is 0. The topological polar surface area (TPSA) is 13.0 Å². The maximum absolute atomic E-state index is 2.85. The smallest absolute Gasteiger partial charge is 0.405 e. The molecule has 0 atom stereocenters. The van der Waals surface area contributed by atoms with Crippen LogP contribution < -0.4 is 42.7 Å². The van der Waals surface area contributed by atoms with Crippen LogP contribution in [0.5, 0.6) is 0 Å². The van der Waals surface area contributed by atoms with Crippen molar-refractivity contribution < 1.29 is 24.0 Å². The largest absolute Gasteiger partial charge is 1.00 e. The molecule has 0 radical (unpaired) electrons. The highest BCUT2D eigenvalue weighted by Gasteiger charge is 2.63. The molecule has 0 unspecified atom stereocenters. The normalized spacial score (nSPS) is 10.1. The zero-order valence-corrected chi connectivity index (χ0v) is 46.9. The molecule has 0 saturated carbocycles. The van der Waals surface area contributed by atoms with Crippen LogP contribution in [0.1, 0.15) is 79.1 Å². The maximum Gasteiger partial charge on any atom is 0.405 e. The second-order valence-corrected chi connectivity index (χ2v) is 14.8. The van der Waals surface area contributed by atoms with Crippen LogP contribution in [0, 0.1) is 0 Å². The Morgan fingerprint density at radius 2 is 0.519 bits per heavy atom. The molecule has 0 heterocycles. The highest BCUT2D eigenvalue weighted by Crippen LogP contribution is 2.73. The highest BCUT2D eigenvalue weighted by molar-refractivity contribution is 15.0. The zero-order chi connectivity index (χ0) is 37.7. The van der Waals surface area contributed by atoms with Crippen molar-refractivity contribution in [2.75, 3.05) is 44.9 Å². The third kappa shape index (κ3) is 16.5. The lowest BCUT2D eigenvalue weighted by molar-refractivity contribution is -0.00000965. The van der Waals surface area contributed by atoms with E-state index in [-0.39, 0.29) is 24.0 Å². The predicted molar refractivity (Wildman–Crippen MR) is 286 cm³/mol. The number of benzene rings is 4. The third-order valence-electron chi connectivity index (χ3n) is 8.41. The van der Waals surface area contributed by atoms with Gasteiger partial charge in [-0.2, -0.15) is 18.7 Å². The van der Waals surface area contributed by atoms with E-state index >= 15 is 0 Å². The number of para-hydroxylation sites is 4. The van der Waals surface area contributed by atoms with Crippen molar-refractivity contribution in [3.8, 4) is 0 Å². The Labute approximate surface area is 405 Å². The molecule has 0 amide bonds. The molecular weight excluding hydrogens is 1460 g/mol. The van der Waals surface area contributed by atoms with Gasteiger partial charge in [0, 0.05) is 112 Å². The van der Waals surface area contributed by atoms with E-state index in [2.05, 4.69) is 279 Å². The van der Waals surface area contributed by atoms with Crippen molar-refractivity contribution in [2.24, 2.45) is 0 Å². The Bertz CT molecular complexity index is 1140. The van der Waals surface area contributed by atoms with Gasteiger partial charge in [0.25, 0.3) is 0 Å². The van der Waals surface area contributed by atoms with Crippen LogP contribution in [-0.2, 0) is 0 Å². The fourth-order valence-corrected chi connectivity index (χ4v) is 11.1. The summed E-state index contributed by atoms with van der Waals surface area (Å²) >= 11 is 12.7. The minimum Gasteiger partial charge on any atom is -1.00 e. The van der Waals surface area contributed by atoms with Gasteiger partial charge in [0.1, 0.15) is 0 Å². The summed E-state index contributed by atoms with van der Waals surface area (Å²) in [5, 5.41) is 0. The van der Waals surface area contributed by atoms with Gasteiger partial charge < -0.3 is 24.0 Å². The molecule has 4 rings (SSSR count). The van der Waals surface area contributed by atoms with E-state index in [0.29, 0.717) is 0 Å². The van der Waals surface area contributed by atoms with Gasteiger partial charge in [0.15, 0.2) is 0 Å². The molecule has 290 valence electrons. The quantitative estimate of drug-likeness (QED) is 0.0646. The fraction of sp³-hybridized carbons (Fsp3) is 0.400. The monoisotopic (exact) mass is 1510 g/mol. The number of halogens is 7. The second-order valence-electron chi connectivity index (χ2n) is 11.8. The molecule has 0 aliphatic rings. The van der Waals surface area contributed by atoms with E-state index in [1.54, 1.807) is 0 Å². The first-order valence-corrected chi connectivity index (χ1v) is 38.3. The van der Waals surface area contributed by atoms with Gasteiger partial charge in [-0.05, 0) is 74.2 Å². The zero-order valence-electron chi connectivity index (χ0n) is 30.9. The summed E-state index contributed by atoms with van der Waals surface area (Å²) < 4.78 is 11.4. The van der Waals surface area contributed by atoms with Crippen LogP contribution in [0.2, 0.25) is 0 Å². The van der Waals surface area contributed by atoms with Crippen molar-refractivity contribution in [1.82, 2.24) is 0 Å².